The molecule has 0 bridgehead atoms. The van der Waals surface area contributed by atoms with Crippen molar-refractivity contribution < 1.29 is 9.90 Å². The summed E-state index contributed by atoms with van der Waals surface area (Å²) in [6.07, 6.45) is 3.51. The van der Waals surface area contributed by atoms with Gasteiger partial charge in [0.2, 0.25) is 0 Å². The number of rotatable bonds is 4. The third-order valence-corrected chi connectivity index (χ3v) is 3.34. The van der Waals surface area contributed by atoms with Gasteiger partial charge < -0.3 is 5.11 Å². The maximum Gasteiger partial charge on any atom is 0.323 e. The molecule has 2 N–H and O–H groups in total. The van der Waals surface area contributed by atoms with E-state index in [1.165, 1.54) is 0 Å². The van der Waals surface area contributed by atoms with Crippen molar-refractivity contribution in [3.05, 3.63) is 35.9 Å². The van der Waals surface area contributed by atoms with Crippen molar-refractivity contribution in [2.75, 3.05) is 0 Å². The van der Waals surface area contributed by atoms with Gasteiger partial charge in [0.25, 0.3) is 0 Å². The Morgan fingerprint density at radius 1 is 1.25 bits per heavy atom. The molecule has 1 aromatic rings. The van der Waals surface area contributed by atoms with Crippen LogP contribution in [0.2, 0.25) is 0 Å². The summed E-state index contributed by atoms with van der Waals surface area (Å²) in [5.74, 6) is -0.707. The topological polar surface area (TPSA) is 49.3 Å². The third-order valence-electron chi connectivity index (χ3n) is 3.34. The Labute approximate surface area is 95.5 Å². The number of carbonyl (C=O) groups is 1. The first-order valence-corrected chi connectivity index (χ1v) is 5.75. The van der Waals surface area contributed by atoms with Gasteiger partial charge in [-0.15, -0.1) is 0 Å². The van der Waals surface area contributed by atoms with Crippen LogP contribution in [0.1, 0.15) is 31.2 Å². The first-order chi connectivity index (χ1) is 7.73. The van der Waals surface area contributed by atoms with Crippen molar-refractivity contribution in [1.29, 1.82) is 0 Å². The van der Waals surface area contributed by atoms with Crippen molar-refractivity contribution in [3.8, 4) is 0 Å². The lowest BCUT2D eigenvalue weighted by molar-refractivity contribution is -0.144. The summed E-state index contributed by atoms with van der Waals surface area (Å²) in [5, 5.41) is 12.5. The standard InChI is InChI=1S/C13H17NO2/c15-12(16)13(8-4-5-9-13)14-10-11-6-2-1-3-7-11/h1-3,6-7,14H,4-5,8-10H2,(H,15,16). The Morgan fingerprint density at radius 2 is 1.88 bits per heavy atom. The van der Waals surface area contributed by atoms with E-state index in [4.69, 9.17) is 0 Å². The van der Waals surface area contributed by atoms with E-state index in [0.29, 0.717) is 6.54 Å². The van der Waals surface area contributed by atoms with Gasteiger partial charge in [0.1, 0.15) is 5.54 Å². The Hall–Kier alpha value is -1.35. The van der Waals surface area contributed by atoms with Crippen molar-refractivity contribution in [2.45, 2.75) is 37.8 Å². The van der Waals surface area contributed by atoms with Crippen LogP contribution >= 0.6 is 0 Å². The van der Waals surface area contributed by atoms with Crippen molar-refractivity contribution >= 4 is 5.97 Å². The van der Waals surface area contributed by atoms with Gasteiger partial charge >= 0.3 is 5.97 Å². The molecular weight excluding hydrogens is 202 g/mol. The molecule has 0 atom stereocenters. The van der Waals surface area contributed by atoms with E-state index in [2.05, 4.69) is 5.32 Å². The minimum absolute atomic E-state index is 0.632. The van der Waals surface area contributed by atoms with Crippen molar-refractivity contribution in [2.24, 2.45) is 0 Å². The third kappa shape index (κ3) is 2.25. The molecule has 0 saturated heterocycles. The van der Waals surface area contributed by atoms with Crippen LogP contribution in [-0.2, 0) is 11.3 Å². The Balaban J connectivity index is 2.00. The molecule has 86 valence electrons. The molecule has 1 fully saturated rings. The fraction of sp³-hybridized carbons (Fsp3) is 0.462. The molecule has 0 unspecified atom stereocenters. The summed E-state index contributed by atoms with van der Waals surface area (Å²) in [4.78, 5) is 11.3. The van der Waals surface area contributed by atoms with Crippen LogP contribution in [0.4, 0.5) is 0 Å². The average molecular weight is 219 g/mol. The lowest BCUT2D eigenvalue weighted by Crippen LogP contribution is -2.49. The van der Waals surface area contributed by atoms with Crippen LogP contribution in [0.15, 0.2) is 30.3 Å². The van der Waals surface area contributed by atoms with Crippen molar-refractivity contribution in [3.63, 3.8) is 0 Å². The molecule has 16 heavy (non-hydrogen) atoms. The number of nitrogens with one attached hydrogen (secondary N) is 1. The summed E-state index contributed by atoms with van der Waals surface area (Å²) in [7, 11) is 0. The van der Waals surface area contributed by atoms with E-state index in [1.54, 1.807) is 0 Å². The van der Waals surface area contributed by atoms with Crippen LogP contribution in [0.3, 0.4) is 0 Å². The maximum absolute atomic E-state index is 11.3. The molecule has 3 heteroatoms. The first kappa shape index (κ1) is 11.1. The Kier molecular flexibility index (Phi) is 3.25. The van der Waals surface area contributed by atoms with Crippen LogP contribution in [0, 0.1) is 0 Å². The lowest BCUT2D eigenvalue weighted by Gasteiger charge is -2.25. The molecule has 0 spiro atoms. The maximum atomic E-state index is 11.3. The smallest absolute Gasteiger partial charge is 0.323 e. The highest BCUT2D eigenvalue weighted by Crippen LogP contribution is 2.30. The largest absolute Gasteiger partial charge is 0.480 e. The number of carboxylic acids is 1. The minimum Gasteiger partial charge on any atom is -0.480 e. The molecule has 1 aromatic carbocycles. The van der Waals surface area contributed by atoms with Crippen LogP contribution in [0.5, 0.6) is 0 Å². The van der Waals surface area contributed by atoms with E-state index >= 15 is 0 Å². The van der Waals surface area contributed by atoms with Gasteiger partial charge in [0.05, 0.1) is 0 Å². The van der Waals surface area contributed by atoms with Gasteiger partial charge in [-0.25, -0.2) is 0 Å². The summed E-state index contributed by atoms with van der Waals surface area (Å²) in [6, 6.07) is 9.93. The van der Waals surface area contributed by atoms with Gasteiger partial charge in [-0.3, -0.25) is 10.1 Å². The molecule has 0 aliphatic heterocycles. The highest BCUT2D eigenvalue weighted by atomic mass is 16.4. The second-order valence-corrected chi connectivity index (χ2v) is 4.43. The second-order valence-electron chi connectivity index (χ2n) is 4.43. The fourth-order valence-corrected chi connectivity index (χ4v) is 2.31. The minimum atomic E-state index is -0.707. The van der Waals surface area contributed by atoms with Gasteiger partial charge in [-0.05, 0) is 18.4 Å². The molecule has 1 aliphatic rings. The summed E-state index contributed by atoms with van der Waals surface area (Å²) >= 11 is 0. The number of aliphatic carboxylic acids is 1. The molecule has 0 radical (unpaired) electrons. The molecule has 0 heterocycles. The van der Waals surface area contributed by atoms with Crippen LogP contribution in [-0.4, -0.2) is 16.6 Å². The van der Waals surface area contributed by atoms with Gasteiger partial charge in [0, 0.05) is 6.54 Å². The van der Waals surface area contributed by atoms with Gasteiger partial charge in [-0.1, -0.05) is 43.2 Å². The zero-order valence-electron chi connectivity index (χ0n) is 9.28. The van der Waals surface area contributed by atoms with E-state index in [-0.39, 0.29) is 0 Å². The van der Waals surface area contributed by atoms with Gasteiger partial charge in [-0.2, -0.15) is 0 Å². The number of hydrogen-bond acceptors (Lipinski definition) is 2. The van der Waals surface area contributed by atoms with E-state index in [1.807, 2.05) is 30.3 Å². The quantitative estimate of drug-likeness (QED) is 0.816. The molecule has 1 saturated carbocycles. The number of hydrogen-bond donors (Lipinski definition) is 2. The van der Waals surface area contributed by atoms with E-state index < -0.39 is 11.5 Å². The number of benzene rings is 1. The summed E-state index contributed by atoms with van der Waals surface area (Å²) < 4.78 is 0. The molecule has 0 aromatic heterocycles. The second kappa shape index (κ2) is 4.66. The zero-order valence-corrected chi connectivity index (χ0v) is 9.28. The van der Waals surface area contributed by atoms with Crippen molar-refractivity contribution in [1.82, 2.24) is 5.32 Å². The predicted octanol–water partition coefficient (Wildman–Crippen LogP) is 2.17. The molecule has 1 aliphatic carbocycles. The van der Waals surface area contributed by atoms with E-state index in [9.17, 15) is 9.90 Å². The average Bonchev–Trinajstić information content (AvgIpc) is 2.78. The lowest BCUT2D eigenvalue weighted by atomic mass is 9.97. The number of carboxylic acid groups (broad SMARTS) is 1. The highest BCUT2D eigenvalue weighted by Gasteiger charge is 2.40. The zero-order chi connectivity index (χ0) is 11.4. The summed E-state index contributed by atoms with van der Waals surface area (Å²) in [6.45, 7) is 0.632. The summed E-state index contributed by atoms with van der Waals surface area (Å²) in [5.41, 5.74) is 0.450. The predicted molar refractivity (Wildman–Crippen MR) is 62.1 cm³/mol. The highest BCUT2D eigenvalue weighted by molar-refractivity contribution is 5.79. The normalized spacial score (nSPS) is 18.5. The molecule has 2 rings (SSSR count). The van der Waals surface area contributed by atoms with E-state index in [0.717, 1.165) is 31.2 Å². The fourth-order valence-electron chi connectivity index (χ4n) is 2.31. The molecular formula is C13H17NO2. The molecule has 3 nitrogen and oxygen atoms in total. The van der Waals surface area contributed by atoms with Crippen LogP contribution in [0.25, 0.3) is 0 Å². The Morgan fingerprint density at radius 3 is 2.44 bits per heavy atom. The monoisotopic (exact) mass is 219 g/mol. The molecule has 0 amide bonds. The Bertz CT molecular complexity index is 355. The van der Waals surface area contributed by atoms with Gasteiger partial charge in [0.15, 0.2) is 0 Å². The first-order valence-electron chi connectivity index (χ1n) is 5.75. The SMILES string of the molecule is O=C(O)C1(NCc2ccccc2)CCCC1. The van der Waals surface area contributed by atoms with Crippen LogP contribution < -0.4 is 5.32 Å².